The summed E-state index contributed by atoms with van der Waals surface area (Å²) in [6.45, 7) is 2.89. The molecule has 0 bridgehead atoms. The molecular weight excluding hydrogens is 453 g/mol. The van der Waals surface area contributed by atoms with Crippen LogP contribution < -0.4 is 0 Å². The van der Waals surface area contributed by atoms with Gasteiger partial charge in [0.15, 0.2) is 11.6 Å². The number of benzene rings is 2. The molecule has 172 valence electrons. The van der Waals surface area contributed by atoms with Crippen LogP contribution in [0, 0.1) is 12.7 Å². The van der Waals surface area contributed by atoms with Gasteiger partial charge in [-0.2, -0.15) is 26.3 Å². The standard InChI is InChI=1S/C23H15F7N2O/c1-12-3-4-17(24)10-19(12)20(13(2)33)11-18-5-6-31-21(32-18)14-7-15(22(25,26)27)9-16(8-14)23(28,29)30/h3-11H,1-2H3/b20-11-. The van der Waals surface area contributed by atoms with E-state index in [0.717, 1.165) is 12.3 Å². The third-order valence-electron chi connectivity index (χ3n) is 4.68. The minimum absolute atomic E-state index is 0.00777. The Hall–Kier alpha value is -3.56. The Morgan fingerprint density at radius 1 is 0.909 bits per heavy atom. The van der Waals surface area contributed by atoms with Crippen molar-refractivity contribution in [2.75, 3.05) is 0 Å². The molecule has 3 aromatic rings. The molecule has 0 fully saturated rings. The van der Waals surface area contributed by atoms with Gasteiger partial charge in [-0.15, -0.1) is 0 Å². The van der Waals surface area contributed by atoms with Crippen molar-refractivity contribution < 1.29 is 35.5 Å². The quantitative estimate of drug-likeness (QED) is 0.314. The van der Waals surface area contributed by atoms with E-state index in [1.807, 2.05) is 0 Å². The SMILES string of the molecule is CC(=O)/C(=C/c1ccnc(-c2cc(C(F)(F)F)cc(C(F)(F)F)c2)n1)c1cc(F)ccc1C. The Morgan fingerprint density at radius 2 is 1.52 bits per heavy atom. The zero-order chi connectivity index (χ0) is 24.6. The number of aryl methyl sites for hydroxylation is 1. The second kappa shape index (κ2) is 8.76. The number of ketones is 1. The molecule has 2 aromatic carbocycles. The maximum absolute atomic E-state index is 13.7. The summed E-state index contributed by atoms with van der Waals surface area (Å²) in [5.74, 6) is -1.43. The van der Waals surface area contributed by atoms with Crippen LogP contribution in [0.1, 0.15) is 34.9 Å². The number of rotatable bonds is 4. The van der Waals surface area contributed by atoms with Gasteiger partial charge >= 0.3 is 12.4 Å². The van der Waals surface area contributed by atoms with Crippen molar-refractivity contribution in [2.24, 2.45) is 0 Å². The van der Waals surface area contributed by atoms with Crippen LogP contribution in [-0.4, -0.2) is 15.8 Å². The molecular formula is C23H15F7N2O. The molecule has 0 saturated carbocycles. The third kappa shape index (κ3) is 5.63. The number of nitrogens with zero attached hydrogens (tertiary/aromatic N) is 2. The second-order valence-electron chi connectivity index (χ2n) is 7.17. The van der Waals surface area contributed by atoms with Gasteiger partial charge in [-0.1, -0.05) is 6.07 Å². The fraction of sp³-hybridized carbons (Fsp3) is 0.174. The highest BCUT2D eigenvalue weighted by atomic mass is 19.4. The number of halogens is 7. The van der Waals surface area contributed by atoms with Crippen LogP contribution >= 0.6 is 0 Å². The van der Waals surface area contributed by atoms with Gasteiger partial charge in [0, 0.05) is 17.3 Å². The second-order valence-corrected chi connectivity index (χ2v) is 7.17. The summed E-state index contributed by atoms with van der Waals surface area (Å²) >= 11 is 0. The van der Waals surface area contributed by atoms with Crippen molar-refractivity contribution in [3.63, 3.8) is 0 Å². The lowest BCUT2D eigenvalue weighted by Crippen LogP contribution is -2.11. The minimum atomic E-state index is -5.02. The average molecular weight is 468 g/mol. The van der Waals surface area contributed by atoms with Gasteiger partial charge in [0.2, 0.25) is 0 Å². The summed E-state index contributed by atoms with van der Waals surface area (Å²) in [5, 5.41) is 0. The highest BCUT2D eigenvalue weighted by Crippen LogP contribution is 2.38. The van der Waals surface area contributed by atoms with Gasteiger partial charge in [-0.05, 0) is 67.4 Å². The number of carbonyl (C=O) groups is 1. The first-order valence-electron chi connectivity index (χ1n) is 9.38. The zero-order valence-corrected chi connectivity index (χ0v) is 17.1. The van der Waals surface area contributed by atoms with Gasteiger partial charge in [0.25, 0.3) is 0 Å². The molecule has 0 aliphatic heterocycles. The van der Waals surface area contributed by atoms with Crippen molar-refractivity contribution >= 4 is 17.4 Å². The predicted molar refractivity (Wildman–Crippen MR) is 107 cm³/mol. The molecule has 0 unspecified atom stereocenters. The van der Waals surface area contributed by atoms with Crippen molar-refractivity contribution in [3.8, 4) is 11.4 Å². The molecule has 0 N–H and O–H groups in total. The maximum Gasteiger partial charge on any atom is 0.416 e. The van der Waals surface area contributed by atoms with Crippen LogP contribution in [0.25, 0.3) is 23.0 Å². The highest BCUT2D eigenvalue weighted by molar-refractivity contribution is 6.24. The lowest BCUT2D eigenvalue weighted by Gasteiger charge is -2.14. The van der Waals surface area contributed by atoms with E-state index < -0.39 is 46.5 Å². The summed E-state index contributed by atoms with van der Waals surface area (Å²) in [6, 6.07) is 6.18. The van der Waals surface area contributed by atoms with Crippen LogP contribution in [0.3, 0.4) is 0 Å². The zero-order valence-electron chi connectivity index (χ0n) is 17.1. The number of allylic oxidation sites excluding steroid dienone is 1. The summed E-state index contributed by atoms with van der Waals surface area (Å²) in [4.78, 5) is 20.0. The van der Waals surface area contributed by atoms with Crippen molar-refractivity contribution in [2.45, 2.75) is 26.2 Å². The topological polar surface area (TPSA) is 42.9 Å². The fourth-order valence-corrected chi connectivity index (χ4v) is 3.08. The average Bonchev–Trinajstić information content (AvgIpc) is 2.72. The number of alkyl halides is 6. The number of hydrogen-bond donors (Lipinski definition) is 0. The van der Waals surface area contributed by atoms with E-state index >= 15 is 0 Å². The summed E-state index contributed by atoms with van der Waals surface area (Å²) in [5.41, 5.74) is -2.54. The number of hydrogen-bond acceptors (Lipinski definition) is 3. The number of aromatic nitrogens is 2. The Morgan fingerprint density at radius 3 is 2.06 bits per heavy atom. The normalized spacial score (nSPS) is 12.7. The minimum Gasteiger partial charge on any atom is -0.294 e. The molecule has 10 heteroatoms. The van der Waals surface area contributed by atoms with E-state index in [-0.39, 0.29) is 22.9 Å². The first-order valence-corrected chi connectivity index (χ1v) is 9.38. The maximum atomic E-state index is 13.7. The van der Waals surface area contributed by atoms with Gasteiger partial charge in [0.1, 0.15) is 5.82 Å². The Bertz CT molecular complexity index is 1210. The third-order valence-corrected chi connectivity index (χ3v) is 4.68. The van der Waals surface area contributed by atoms with Gasteiger partial charge in [0.05, 0.1) is 16.8 Å². The molecule has 0 aliphatic carbocycles. The van der Waals surface area contributed by atoms with Crippen LogP contribution in [0.5, 0.6) is 0 Å². The Balaban J connectivity index is 2.16. The van der Waals surface area contributed by atoms with Crippen molar-refractivity contribution in [3.05, 3.63) is 82.4 Å². The van der Waals surface area contributed by atoms with E-state index in [2.05, 4.69) is 9.97 Å². The molecule has 1 aromatic heterocycles. The smallest absolute Gasteiger partial charge is 0.294 e. The van der Waals surface area contributed by atoms with E-state index in [1.165, 1.54) is 31.2 Å². The molecule has 3 rings (SSSR count). The summed E-state index contributed by atoms with van der Waals surface area (Å²) in [7, 11) is 0. The Kier molecular flexibility index (Phi) is 6.40. The summed E-state index contributed by atoms with van der Waals surface area (Å²) in [6.07, 6.45) is -7.64. The fourth-order valence-electron chi connectivity index (χ4n) is 3.08. The van der Waals surface area contributed by atoms with Gasteiger partial charge < -0.3 is 0 Å². The lowest BCUT2D eigenvalue weighted by molar-refractivity contribution is -0.143. The molecule has 1 heterocycles. The van der Waals surface area contributed by atoms with E-state index in [1.54, 1.807) is 6.92 Å². The molecule has 33 heavy (non-hydrogen) atoms. The van der Waals surface area contributed by atoms with Crippen LogP contribution in [0.2, 0.25) is 0 Å². The monoisotopic (exact) mass is 468 g/mol. The Labute approximate surface area is 183 Å². The van der Waals surface area contributed by atoms with E-state index in [0.29, 0.717) is 17.7 Å². The summed E-state index contributed by atoms with van der Waals surface area (Å²) < 4.78 is 92.7. The molecule has 0 spiro atoms. The number of carbonyl (C=O) groups excluding carboxylic acids is 1. The molecule has 0 amide bonds. The van der Waals surface area contributed by atoms with Crippen LogP contribution in [-0.2, 0) is 17.1 Å². The van der Waals surface area contributed by atoms with E-state index in [9.17, 15) is 35.5 Å². The molecule has 0 atom stereocenters. The highest BCUT2D eigenvalue weighted by Gasteiger charge is 2.37. The van der Waals surface area contributed by atoms with Crippen molar-refractivity contribution in [1.29, 1.82) is 0 Å². The first kappa shape index (κ1) is 24.1. The molecule has 0 radical (unpaired) electrons. The largest absolute Gasteiger partial charge is 0.416 e. The van der Waals surface area contributed by atoms with Gasteiger partial charge in [-0.3, -0.25) is 4.79 Å². The predicted octanol–water partition coefficient (Wildman–Crippen LogP) is 6.76. The van der Waals surface area contributed by atoms with Crippen LogP contribution in [0.4, 0.5) is 30.7 Å². The molecule has 0 aliphatic rings. The van der Waals surface area contributed by atoms with E-state index in [4.69, 9.17) is 0 Å². The van der Waals surface area contributed by atoms with Crippen LogP contribution in [0.15, 0.2) is 48.7 Å². The van der Waals surface area contributed by atoms with Crippen molar-refractivity contribution in [1.82, 2.24) is 9.97 Å². The lowest BCUT2D eigenvalue weighted by atomic mass is 9.96. The van der Waals surface area contributed by atoms with Gasteiger partial charge in [-0.25, -0.2) is 14.4 Å². The number of Topliss-reactive ketones (excluding diaryl/α,β-unsaturated/α-hetero) is 1. The molecule has 3 nitrogen and oxygen atoms in total. The first-order chi connectivity index (χ1) is 15.3. The molecule has 0 saturated heterocycles.